The Kier molecular flexibility index (Phi) is 4.26. The second kappa shape index (κ2) is 5.95. The molecule has 0 radical (unpaired) electrons. The van der Waals surface area contributed by atoms with Gasteiger partial charge in [0, 0.05) is 58.1 Å². The molecule has 0 unspecified atom stereocenters. The van der Waals surface area contributed by atoms with Crippen LogP contribution in [0.1, 0.15) is 11.1 Å². The third-order valence-electron chi connectivity index (χ3n) is 3.55. The number of aromatic hydroxyl groups is 2. The molecule has 0 atom stereocenters. The van der Waals surface area contributed by atoms with Gasteiger partial charge in [0.1, 0.15) is 11.5 Å². The highest BCUT2D eigenvalue weighted by atomic mass is 16.3. The maximum atomic E-state index is 10.1. The fourth-order valence-electron chi connectivity index (χ4n) is 2.16. The van der Waals surface area contributed by atoms with Gasteiger partial charge in [-0.25, -0.2) is 0 Å². The average molecular weight is 286 g/mol. The maximum absolute atomic E-state index is 10.1. The van der Waals surface area contributed by atoms with Crippen molar-refractivity contribution in [1.29, 1.82) is 0 Å². The molecule has 0 saturated heterocycles. The van der Waals surface area contributed by atoms with Crippen LogP contribution in [-0.4, -0.2) is 38.4 Å². The molecular weight excluding hydrogens is 264 g/mol. The maximum Gasteiger partial charge on any atom is 0.121 e. The summed E-state index contributed by atoms with van der Waals surface area (Å²) in [5.41, 5.74) is 3.49. The molecule has 0 bridgehead atoms. The van der Waals surface area contributed by atoms with E-state index in [4.69, 9.17) is 0 Å². The van der Waals surface area contributed by atoms with Crippen LogP contribution in [0, 0.1) is 0 Å². The Hall–Kier alpha value is -2.36. The predicted molar refractivity (Wildman–Crippen MR) is 87.7 cm³/mol. The highest BCUT2D eigenvalue weighted by Crippen LogP contribution is 2.30. The van der Waals surface area contributed by atoms with E-state index in [-0.39, 0.29) is 11.5 Å². The predicted octanol–water partition coefficient (Wildman–Crippen LogP) is 2.82. The Morgan fingerprint density at radius 2 is 1.10 bits per heavy atom. The van der Waals surface area contributed by atoms with Crippen LogP contribution in [0.3, 0.4) is 0 Å². The van der Waals surface area contributed by atoms with Gasteiger partial charge in [-0.15, -0.1) is 0 Å². The number of hydrogen-bond acceptors (Lipinski definition) is 4. The lowest BCUT2D eigenvalue weighted by atomic mass is 10.0. The van der Waals surface area contributed by atoms with Gasteiger partial charge in [0.25, 0.3) is 0 Å². The van der Waals surface area contributed by atoms with E-state index < -0.39 is 0 Å². The quantitative estimate of drug-likeness (QED) is 0.907. The summed E-state index contributed by atoms with van der Waals surface area (Å²) in [7, 11) is 7.72. The molecule has 0 amide bonds. The Bertz CT molecular complexity index is 581. The van der Waals surface area contributed by atoms with E-state index in [0.29, 0.717) is 6.42 Å². The van der Waals surface area contributed by atoms with Gasteiger partial charge in [0.05, 0.1) is 0 Å². The summed E-state index contributed by atoms with van der Waals surface area (Å²) < 4.78 is 0. The topological polar surface area (TPSA) is 46.9 Å². The van der Waals surface area contributed by atoms with Crippen molar-refractivity contribution in [1.82, 2.24) is 0 Å². The monoisotopic (exact) mass is 286 g/mol. The second-order valence-electron chi connectivity index (χ2n) is 5.59. The first-order valence-electron chi connectivity index (χ1n) is 6.87. The Morgan fingerprint density at radius 3 is 1.38 bits per heavy atom. The van der Waals surface area contributed by atoms with E-state index in [1.165, 1.54) is 0 Å². The molecule has 0 spiro atoms. The molecule has 21 heavy (non-hydrogen) atoms. The van der Waals surface area contributed by atoms with Gasteiger partial charge in [0.2, 0.25) is 0 Å². The number of rotatable bonds is 4. The highest BCUT2D eigenvalue weighted by molar-refractivity contribution is 5.56. The van der Waals surface area contributed by atoms with Gasteiger partial charge in [-0.2, -0.15) is 0 Å². The zero-order valence-corrected chi connectivity index (χ0v) is 13.0. The van der Waals surface area contributed by atoms with Crippen molar-refractivity contribution >= 4 is 11.4 Å². The van der Waals surface area contributed by atoms with E-state index in [9.17, 15) is 10.2 Å². The van der Waals surface area contributed by atoms with Crippen LogP contribution in [0.25, 0.3) is 0 Å². The van der Waals surface area contributed by atoms with E-state index in [1.807, 2.05) is 62.3 Å². The summed E-state index contributed by atoms with van der Waals surface area (Å²) in [6.07, 6.45) is 0.499. The van der Waals surface area contributed by atoms with Crippen molar-refractivity contribution < 1.29 is 10.2 Å². The second-order valence-corrected chi connectivity index (χ2v) is 5.59. The SMILES string of the molecule is CN(C)c1ccc(Cc2ccc(N(C)C)cc2O)c(O)c1. The summed E-state index contributed by atoms with van der Waals surface area (Å²) >= 11 is 0. The highest BCUT2D eigenvalue weighted by Gasteiger charge is 2.09. The van der Waals surface area contributed by atoms with E-state index in [0.717, 1.165) is 22.5 Å². The molecule has 0 heterocycles. The van der Waals surface area contributed by atoms with Crippen molar-refractivity contribution in [3.63, 3.8) is 0 Å². The molecule has 0 aliphatic carbocycles. The molecular formula is C17H22N2O2. The Balaban J connectivity index is 2.26. The van der Waals surface area contributed by atoms with Gasteiger partial charge in [-0.05, 0) is 23.3 Å². The van der Waals surface area contributed by atoms with Gasteiger partial charge < -0.3 is 20.0 Å². The summed E-state index contributed by atoms with van der Waals surface area (Å²) in [5.74, 6) is 0.495. The van der Waals surface area contributed by atoms with Crippen LogP contribution >= 0.6 is 0 Å². The number of anilines is 2. The molecule has 4 nitrogen and oxygen atoms in total. The van der Waals surface area contributed by atoms with E-state index in [2.05, 4.69) is 0 Å². The fraction of sp³-hybridized carbons (Fsp3) is 0.294. The molecule has 0 aromatic heterocycles. The lowest BCUT2D eigenvalue weighted by molar-refractivity contribution is 0.463. The minimum atomic E-state index is 0.247. The molecule has 112 valence electrons. The standard InChI is InChI=1S/C17H22N2O2/c1-18(2)14-7-5-12(16(20)10-14)9-13-6-8-15(19(3)4)11-17(13)21/h5-8,10-11,20-21H,9H2,1-4H3. The smallest absolute Gasteiger partial charge is 0.121 e. The van der Waals surface area contributed by atoms with E-state index in [1.54, 1.807) is 12.1 Å². The van der Waals surface area contributed by atoms with Crippen LogP contribution in [0.4, 0.5) is 11.4 Å². The first kappa shape index (κ1) is 15.0. The van der Waals surface area contributed by atoms with Crippen LogP contribution in [-0.2, 0) is 6.42 Å². The minimum absolute atomic E-state index is 0.247. The van der Waals surface area contributed by atoms with Crippen molar-refractivity contribution in [3.05, 3.63) is 47.5 Å². The molecule has 2 aromatic carbocycles. The first-order valence-corrected chi connectivity index (χ1v) is 6.87. The molecule has 0 fully saturated rings. The van der Waals surface area contributed by atoms with Crippen LogP contribution in [0.15, 0.2) is 36.4 Å². The third-order valence-corrected chi connectivity index (χ3v) is 3.55. The van der Waals surface area contributed by atoms with Crippen molar-refractivity contribution in [2.75, 3.05) is 38.0 Å². The summed E-state index contributed by atoms with van der Waals surface area (Å²) in [6, 6.07) is 11.2. The number of nitrogens with zero attached hydrogens (tertiary/aromatic N) is 2. The Labute approximate surface area is 125 Å². The fourth-order valence-corrected chi connectivity index (χ4v) is 2.16. The molecule has 0 aliphatic heterocycles. The summed E-state index contributed by atoms with van der Waals surface area (Å²) in [5, 5.41) is 20.2. The molecule has 2 rings (SSSR count). The normalized spacial score (nSPS) is 10.5. The van der Waals surface area contributed by atoms with Gasteiger partial charge in [-0.3, -0.25) is 0 Å². The van der Waals surface area contributed by atoms with Crippen molar-refractivity contribution in [3.8, 4) is 11.5 Å². The van der Waals surface area contributed by atoms with E-state index >= 15 is 0 Å². The van der Waals surface area contributed by atoms with Crippen LogP contribution < -0.4 is 9.80 Å². The zero-order chi connectivity index (χ0) is 15.6. The van der Waals surface area contributed by atoms with Gasteiger partial charge in [0.15, 0.2) is 0 Å². The summed E-state index contributed by atoms with van der Waals surface area (Å²) in [4.78, 5) is 3.87. The number of hydrogen-bond donors (Lipinski definition) is 2. The van der Waals surface area contributed by atoms with Gasteiger partial charge >= 0.3 is 0 Å². The van der Waals surface area contributed by atoms with Crippen molar-refractivity contribution in [2.24, 2.45) is 0 Å². The number of phenols is 2. The largest absolute Gasteiger partial charge is 0.508 e. The van der Waals surface area contributed by atoms with Crippen LogP contribution in [0.2, 0.25) is 0 Å². The third kappa shape index (κ3) is 3.40. The first-order chi connectivity index (χ1) is 9.88. The Morgan fingerprint density at radius 1 is 0.714 bits per heavy atom. The lowest BCUT2D eigenvalue weighted by Crippen LogP contribution is -2.09. The minimum Gasteiger partial charge on any atom is -0.508 e. The molecule has 2 aromatic rings. The van der Waals surface area contributed by atoms with Crippen LogP contribution in [0.5, 0.6) is 11.5 Å². The lowest BCUT2D eigenvalue weighted by Gasteiger charge is -2.16. The molecule has 0 saturated carbocycles. The van der Waals surface area contributed by atoms with Gasteiger partial charge in [-0.1, -0.05) is 12.1 Å². The average Bonchev–Trinajstić information content (AvgIpc) is 2.42. The number of benzene rings is 2. The summed E-state index contributed by atoms with van der Waals surface area (Å²) in [6.45, 7) is 0. The molecule has 2 N–H and O–H groups in total. The molecule has 4 heteroatoms. The zero-order valence-electron chi connectivity index (χ0n) is 13.0. The van der Waals surface area contributed by atoms with Crippen molar-refractivity contribution in [2.45, 2.75) is 6.42 Å². The molecule has 0 aliphatic rings. The number of phenolic OH excluding ortho intramolecular Hbond substituents is 2.